The van der Waals surface area contributed by atoms with E-state index in [4.69, 9.17) is 5.73 Å². The Morgan fingerprint density at radius 2 is 1.88 bits per heavy atom. The maximum absolute atomic E-state index is 12.2. The lowest BCUT2D eigenvalue weighted by Gasteiger charge is -2.29. The van der Waals surface area contributed by atoms with E-state index in [0.717, 1.165) is 5.56 Å². The number of nitrogens with one attached hydrogen (secondary N) is 1. The maximum atomic E-state index is 12.2. The first-order chi connectivity index (χ1) is 12.1. The van der Waals surface area contributed by atoms with Crippen molar-refractivity contribution in [1.29, 1.82) is 0 Å². The lowest BCUT2D eigenvalue weighted by Crippen LogP contribution is -2.42. The van der Waals surface area contributed by atoms with Crippen LogP contribution in [-0.4, -0.2) is 46.1 Å². The van der Waals surface area contributed by atoms with E-state index in [9.17, 15) is 9.59 Å². The summed E-state index contributed by atoms with van der Waals surface area (Å²) in [6.07, 6.45) is 3.28. The highest BCUT2D eigenvalue weighted by Crippen LogP contribution is 2.16. The van der Waals surface area contributed by atoms with Crippen LogP contribution in [0.3, 0.4) is 0 Å². The summed E-state index contributed by atoms with van der Waals surface area (Å²) in [5.74, 6) is 0.150. The van der Waals surface area contributed by atoms with Crippen LogP contribution in [-0.2, 0) is 16.1 Å². The highest BCUT2D eigenvalue weighted by Gasteiger charge is 2.24. The van der Waals surface area contributed by atoms with Crippen molar-refractivity contribution in [2.45, 2.75) is 19.4 Å². The highest BCUT2D eigenvalue weighted by molar-refractivity contribution is 5.91. The van der Waals surface area contributed by atoms with Crippen molar-refractivity contribution in [3.05, 3.63) is 48.2 Å². The Balaban J connectivity index is 1.46. The smallest absolute Gasteiger partial charge is 0.239 e. The molecule has 0 aliphatic carbocycles. The van der Waals surface area contributed by atoms with E-state index in [-0.39, 0.29) is 17.7 Å². The summed E-state index contributed by atoms with van der Waals surface area (Å²) in [4.78, 5) is 25.4. The Kier molecular flexibility index (Phi) is 5.45. The van der Waals surface area contributed by atoms with Crippen LogP contribution in [0.2, 0.25) is 0 Å². The molecule has 0 unspecified atom stereocenters. The fraction of sp³-hybridized carbons (Fsp3) is 0.389. The van der Waals surface area contributed by atoms with E-state index < -0.39 is 0 Å². The lowest BCUT2D eigenvalue weighted by atomic mass is 9.96. The van der Waals surface area contributed by atoms with Crippen LogP contribution in [0.15, 0.2) is 42.6 Å². The van der Waals surface area contributed by atoms with Gasteiger partial charge in [0.2, 0.25) is 11.8 Å². The second-order valence-corrected chi connectivity index (χ2v) is 6.39. The predicted octanol–water partition coefficient (Wildman–Crippen LogP) is 1.07. The summed E-state index contributed by atoms with van der Waals surface area (Å²) >= 11 is 0. The van der Waals surface area contributed by atoms with Gasteiger partial charge in [-0.2, -0.15) is 5.10 Å². The normalized spacial score (nSPS) is 15.8. The van der Waals surface area contributed by atoms with Crippen LogP contribution in [0.1, 0.15) is 18.4 Å². The van der Waals surface area contributed by atoms with Crippen molar-refractivity contribution in [3.8, 4) is 0 Å². The molecule has 25 heavy (non-hydrogen) atoms. The van der Waals surface area contributed by atoms with E-state index in [1.54, 1.807) is 10.7 Å². The van der Waals surface area contributed by atoms with Crippen LogP contribution in [0.5, 0.6) is 0 Å². The largest absolute Gasteiger partial charge is 0.369 e. The molecule has 0 atom stereocenters. The van der Waals surface area contributed by atoms with Gasteiger partial charge in [-0.05, 0) is 31.5 Å². The molecular formula is C18H23N5O2. The Bertz CT molecular complexity index is 720. The number of amides is 2. The number of rotatable bonds is 6. The monoisotopic (exact) mass is 341 g/mol. The van der Waals surface area contributed by atoms with Crippen molar-refractivity contribution in [2.24, 2.45) is 11.7 Å². The predicted molar refractivity (Wildman–Crippen MR) is 94.8 cm³/mol. The number of aromatic nitrogens is 2. The molecule has 2 heterocycles. The number of primary amides is 1. The van der Waals surface area contributed by atoms with E-state index in [0.29, 0.717) is 44.8 Å². The standard InChI is InChI=1S/C18H23N5O2/c19-18(25)15-6-9-22(10-7-15)13-17(24)20-16-8-11-23(21-16)12-14-4-2-1-3-5-14/h1-5,8,11,15H,6-7,9-10,12-13H2,(H2,19,25)(H,20,21,24). The second-order valence-electron chi connectivity index (χ2n) is 6.39. The van der Waals surface area contributed by atoms with Gasteiger partial charge in [0.25, 0.3) is 0 Å². The first kappa shape index (κ1) is 17.2. The number of hydrogen-bond donors (Lipinski definition) is 2. The van der Waals surface area contributed by atoms with Crippen LogP contribution < -0.4 is 11.1 Å². The Hall–Kier alpha value is -2.67. The number of benzene rings is 1. The Morgan fingerprint density at radius 1 is 1.16 bits per heavy atom. The van der Waals surface area contributed by atoms with Crippen LogP contribution in [0, 0.1) is 5.92 Å². The molecule has 2 amide bonds. The van der Waals surface area contributed by atoms with Gasteiger partial charge in [-0.25, -0.2) is 0 Å². The zero-order valence-corrected chi connectivity index (χ0v) is 14.1. The number of piperidine rings is 1. The molecule has 1 aromatic carbocycles. The van der Waals surface area contributed by atoms with Gasteiger partial charge in [0.05, 0.1) is 13.1 Å². The van der Waals surface area contributed by atoms with Gasteiger partial charge in [-0.15, -0.1) is 0 Å². The number of anilines is 1. The summed E-state index contributed by atoms with van der Waals surface area (Å²) in [6, 6.07) is 11.8. The summed E-state index contributed by atoms with van der Waals surface area (Å²) in [6.45, 7) is 2.39. The number of hydrogen-bond acceptors (Lipinski definition) is 4. The quantitative estimate of drug-likeness (QED) is 0.822. The molecule has 0 spiro atoms. The number of nitrogens with two attached hydrogens (primary N) is 1. The third kappa shape index (κ3) is 4.90. The molecule has 1 aliphatic heterocycles. The van der Waals surface area contributed by atoms with Crippen molar-refractivity contribution < 1.29 is 9.59 Å². The first-order valence-corrected chi connectivity index (χ1v) is 8.49. The summed E-state index contributed by atoms with van der Waals surface area (Å²) in [7, 11) is 0. The first-order valence-electron chi connectivity index (χ1n) is 8.49. The number of carbonyl (C=O) groups excluding carboxylic acids is 2. The summed E-state index contributed by atoms with van der Waals surface area (Å²) in [5, 5.41) is 7.20. The number of nitrogens with zero attached hydrogens (tertiary/aromatic N) is 3. The topological polar surface area (TPSA) is 93.3 Å². The van der Waals surface area contributed by atoms with Crippen LogP contribution in [0.25, 0.3) is 0 Å². The molecule has 0 bridgehead atoms. The molecular weight excluding hydrogens is 318 g/mol. The maximum Gasteiger partial charge on any atom is 0.239 e. The third-order valence-corrected chi connectivity index (χ3v) is 4.45. The minimum atomic E-state index is -0.243. The molecule has 7 nitrogen and oxygen atoms in total. The van der Waals surface area contributed by atoms with Crippen LogP contribution >= 0.6 is 0 Å². The molecule has 2 aromatic rings. The zero-order valence-electron chi connectivity index (χ0n) is 14.1. The molecule has 1 fully saturated rings. The summed E-state index contributed by atoms with van der Waals surface area (Å²) < 4.78 is 1.79. The van der Waals surface area contributed by atoms with Gasteiger partial charge in [0.15, 0.2) is 5.82 Å². The Morgan fingerprint density at radius 3 is 2.56 bits per heavy atom. The zero-order chi connectivity index (χ0) is 17.6. The van der Waals surface area contributed by atoms with Crippen molar-refractivity contribution in [3.63, 3.8) is 0 Å². The lowest BCUT2D eigenvalue weighted by molar-refractivity contribution is -0.123. The molecule has 7 heteroatoms. The fourth-order valence-electron chi connectivity index (χ4n) is 3.05. The van der Waals surface area contributed by atoms with E-state index in [1.165, 1.54) is 0 Å². The van der Waals surface area contributed by atoms with E-state index in [2.05, 4.69) is 10.4 Å². The molecule has 3 rings (SSSR count). The molecule has 3 N–H and O–H groups in total. The molecule has 1 saturated heterocycles. The van der Waals surface area contributed by atoms with Gasteiger partial charge >= 0.3 is 0 Å². The average molecular weight is 341 g/mol. The van der Waals surface area contributed by atoms with Crippen molar-refractivity contribution in [1.82, 2.24) is 14.7 Å². The fourth-order valence-corrected chi connectivity index (χ4v) is 3.05. The van der Waals surface area contributed by atoms with E-state index in [1.807, 2.05) is 41.4 Å². The van der Waals surface area contributed by atoms with Crippen LogP contribution in [0.4, 0.5) is 5.82 Å². The second kappa shape index (κ2) is 7.94. The number of likely N-dealkylation sites (tertiary alicyclic amines) is 1. The molecule has 1 aromatic heterocycles. The number of carbonyl (C=O) groups is 2. The summed E-state index contributed by atoms with van der Waals surface area (Å²) in [5.41, 5.74) is 6.48. The molecule has 132 valence electrons. The highest BCUT2D eigenvalue weighted by atomic mass is 16.2. The SMILES string of the molecule is NC(=O)C1CCN(CC(=O)Nc2ccn(Cc3ccccc3)n2)CC1. The van der Waals surface area contributed by atoms with E-state index >= 15 is 0 Å². The minimum absolute atomic E-state index is 0.0620. The average Bonchev–Trinajstić information content (AvgIpc) is 3.03. The molecule has 0 radical (unpaired) electrons. The molecule has 1 aliphatic rings. The molecule has 0 saturated carbocycles. The van der Waals surface area contributed by atoms with Gasteiger partial charge in [0, 0.05) is 18.2 Å². The van der Waals surface area contributed by atoms with Crippen molar-refractivity contribution in [2.75, 3.05) is 25.0 Å². The van der Waals surface area contributed by atoms with Gasteiger partial charge in [-0.3, -0.25) is 19.2 Å². The van der Waals surface area contributed by atoms with Gasteiger partial charge < -0.3 is 11.1 Å². The third-order valence-electron chi connectivity index (χ3n) is 4.45. The van der Waals surface area contributed by atoms with Gasteiger partial charge in [-0.1, -0.05) is 30.3 Å². The van der Waals surface area contributed by atoms with Crippen molar-refractivity contribution >= 4 is 17.6 Å². The Labute approximate surface area is 146 Å². The van der Waals surface area contributed by atoms with Gasteiger partial charge in [0.1, 0.15) is 0 Å². The minimum Gasteiger partial charge on any atom is -0.369 e.